The van der Waals surface area contributed by atoms with Crippen LogP contribution >= 0.6 is 0 Å². The summed E-state index contributed by atoms with van der Waals surface area (Å²) in [6, 6.07) is 7.65. The van der Waals surface area contributed by atoms with Crippen molar-refractivity contribution in [3.8, 4) is 0 Å². The van der Waals surface area contributed by atoms with Crippen molar-refractivity contribution in [1.29, 1.82) is 0 Å². The van der Waals surface area contributed by atoms with Crippen molar-refractivity contribution < 1.29 is 13.6 Å². The molecule has 0 radical (unpaired) electrons. The molecule has 0 atom stereocenters. The van der Waals surface area contributed by atoms with Gasteiger partial charge in [0.1, 0.15) is 11.5 Å². The van der Waals surface area contributed by atoms with E-state index in [1.54, 1.807) is 12.5 Å². The van der Waals surface area contributed by atoms with Crippen molar-refractivity contribution in [3.05, 3.63) is 48.3 Å². The molecule has 0 saturated heterocycles. The third-order valence-electron chi connectivity index (χ3n) is 3.93. The van der Waals surface area contributed by atoms with Crippen molar-refractivity contribution in [1.82, 2.24) is 10.6 Å². The van der Waals surface area contributed by atoms with Gasteiger partial charge in [-0.1, -0.05) is 12.8 Å². The van der Waals surface area contributed by atoms with E-state index in [1.807, 2.05) is 24.3 Å². The maximum atomic E-state index is 12.0. The second-order valence-electron chi connectivity index (χ2n) is 5.42. The topological polar surface area (TPSA) is 67.4 Å². The summed E-state index contributed by atoms with van der Waals surface area (Å²) in [5, 5.41) is 5.93. The molecule has 112 valence electrons. The molecule has 0 aliphatic heterocycles. The summed E-state index contributed by atoms with van der Waals surface area (Å²) >= 11 is 0. The Morgan fingerprint density at radius 3 is 2.29 bits per heavy atom. The molecule has 21 heavy (non-hydrogen) atoms. The molecule has 5 heteroatoms. The molecule has 3 rings (SSSR count). The molecule has 5 nitrogen and oxygen atoms in total. The summed E-state index contributed by atoms with van der Waals surface area (Å²) < 4.78 is 10.9. The number of amides is 2. The fourth-order valence-corrected chi connectivity index (χ4v) is 2.82. The highest BCUT2D eigenvalue weighted by molar-refractivity contribution is 5.74. The number of hydrogen-bond donors (Lipinski definition) is 2. The van der Waals surface area contributed by atoms with E-state index in [4.69, 9.17) is 8.83 Å². The molecule has 0 bridgehead atoms. The molecule has 1 aliphatic rings. The van der Waals surface area contributed by atoms with Crippen molar-refractivity contribution >= 4 is 6.03 Å². The Hall–Kier alpha value is -2.17. The van der Waals surface area contributed by atoms with Gasteiger partial charge >= 0.3 is 6.03 Å². The minimum absolute atomic E-state index is 0.107. The van der Waals surface area contributed by atoms with Gasteiger partial charge in [0.05, 0.1) is 18.4 Å². The molecule has 0 spiro atoms. The maximum absolute atomic E-state index is 12.0. The van der Waals surface area contributed by atoms with E-state index in [0.717, 1.165) is 24.4 Å². The van der Waals surface area contributed by atoms with Crippen LogP contribution in [0.15, 0.2) is 45.6 Å². The van der Waals surface area contributed by atoms with E-state index in [1.165, 1.54) is 12.8 Å². The Bertz CT molecular complexity index is 508. The molecule has 2 N–H and O–H groups in total. The summed E-state index contributed by atoms with van der Waals surface area (Å²) in [7, 11) is 0. The Morgan fingerprint density at radius 2 is 1.76 bits per heavy atom. The average molecular weight is 288 g/mol. The van der Waals surface area contributed by atoms with Gasteiger partial charge < -0.3 is 19.5 Å². The van der Waals surface area contributed by atoms with Crippen LogP contribution < -0.4 is 10.6 Å². The molecule has 2 heterocycles. The van der Waals surface area contributed by atoms with E-state index in [-0.39, 0.29) is 11.9 Å². The normalized spacial score (nSPS) is 15.5. The first kappa shape index (κ1) is 13.8. The van der Waals surface area contributed by atoms with Crippen LogP contribution in [0.25, 0.3) is 0 Å². The van der Waals surface area contributed by atoms with Gasteiger partial charge in [-0.15, -0.1) is 0 Å². The summed E-state index contributed by atoms with van der Waals surface area (Å²) in [5.74, 6) is 1.46. The molecular formula is C16H20N2O3. The van der Waals surface area contributed by atoms with E-state index in [9.17, 15) is 4.79 Å². The first-order valence-corrected chi connectivity index (χ1v) is 7.44. The monoisotopic (exact) mass is 288 g/mol. The standard InChI is InChI=1S/C16H20N2O3/c19-16(18-12-5-1-2-6-12)17-11-13(14-7-3-9-20-14)15-8-4-10-21-15/h3-4,7-10,12-13H,1-2,5-6,11H2,(H2,17,18,19). The molecule has 1 fully saturated rings. The van der Waals surface area contributed by atoms with Gasteiger partial charge in [0, 0.05) is 12.6 Å². The van der Waals surface area contributed by atoms with Crippen molar-refractivity contribution in [3.63, 3.8) is 0 Å². The number of hydrogen-bond acceptors (Lipinski definition) is 3. The Labute approximate surface area is 123 Å². The maximum Gasteiger partial charge on any atom is 0.315 e. The Morgan fingerprint density at radius 1 is 1.14 bits per heavy atom. The van der Waals surface area contributed by atoms with Crippen molar-refractivity contribution in [2.75, 3.05) is 6.54 Å². The molecule has 1 saturated carbocycles. The average Bonchev–Trinajstić information content (AvgIpc) is 3.23. The van der Waals surface area contributed by atoms with Gasteiger partial charge in [-0.2, -0.15) is 0 Å². The van der Waals surface area contributed by atoms with E-state index in [2.05, 4.69) is 10.6 Å². The number of carbonyl (C=O) groups is 1. The molecule has 0 unspecified atom stereocenters. The van der Waals surface area contributed by atoms with Crippen LogP contribution in [0.5, 0.6) is 0 Å². The van der Waals surface area contributed by atoms with Gasteiger partial charge in [0.15, 0.2) is 0 Å². The van der Waals surface area contributed by atoms with Crippen LogP contribution in [0.3, 0.4) is 0 Å². The largest absolute Gasteiger partial charge is 0.469 e. The first-order valence-electron chi connectivity index (χ1n) is 7.44. The lowest BCUT2D eigenvalue weighted by Gasteiger charge is -2.16. The van der Waals surface area contributed by atoms with Gasteiger partial charge in [0.2, 0.25) is 0 Å². The SMILES string of the molecule is O=C(NCC(c1ccco1)c1ccco1)NC1CCCC1. The van der Waals surface area contributed by atoms with Gasteiger partial charge in [-0.3, -0.25) is 0 Å². The molecule has 2 aromatic heterocycles. The third-order valence-corrected chi connectivity index (χ3v) is 3.93. The highest BCUT2D eigenvalue weighted by Crippen LogP contribution is 2.24. The first-order chi connectivity index (χ1) is 10.3. The number of carbonyl (C=O) groups excluding carboxylic acids is 1. The zero-order chi connectivity index (χ0) is 14.5. The van der Waals surface area contributed by atoms with Crippen LogP contribution in [-0.4, -0.2) is 18.6 Å². The van der Waals surface area contributed by atoms with Crippen LogP contribution in [0.1, 0.15) is 43.1 Å². The number of nitrogens with one attached hydrogen (secondary N) is 2. The quantitative estimate of drug-likeness (QED) is 0.887. The van der Waals surface area contributed by atoms with E-state index >= 15 is 0 Å². The number of urea groups is 1. The molecule has 0 aromatic carbocycles. The predicted molar refractivity (Wildman–Crippen MR) is 78.0 cm³/mol. The van der Waals surface area contributed by atoms with Gasteiger partial charge in [-0.25, -0.2) is 4.79 Å². The summed E-state index contributed by atoms with van der Waals surface area (Å²) in [6.45, 7) is 0.444. The van der Waals surface area contributed by atoms with Crippen molar-refractivity contribution in [2.24, 2.45) is 0 Å². The van der Waals surface area contributed by atoms with Crippen molar-refractivity contribution in [2.45, 2.75) is 37.6 Å². The summed E-state index contributed by atoms with van der Waals surface area (Å²) in [6.07, 6.45) is 7.81. The fourth-order valence-electron chi connectivity index (χ4n) is 2.82. The highest BCUT2D eigenvalue weighted by atomic mass is 16.3. The molecule has 2 amide bonds. The van der Waals surface area contributed by atoms with E-state index < -0.39 is 0 Å². The molecular weight excluding hydrogens is 268 g/mol. The van der Waals surface area contributed by atoms with Gasteiger partial charge in [-0.05, 0) is 37.1 Å². The Kier molecular flexibility index (Phi) is 4.28. The number of rotatable bonds is 5. The Balaban J connectivity index is 1.58. The molecule has 2 aromatic rings. The van der Waals surface area contributed by atoms with Crippen LogP contribution in [0, 0.1) is 0 Å². The summed E-state index contributed by atoms with van der Waals surface area (Å²) in [5.41, 5.74) is 0. The van der Waals surface area contributed by atoms with Crippen LogP contribution in [0.4, 0.5) is 4.79 Å². The third kappa shape index (κ3) is 3.48. The lowest BCUT2D eigenvalue weighted by atomic mass is 10.0. The zero-order valence-electron chi connectivity index (χ0n) is 11.9. The summed E-state index contributed by atoms with van der Waals surface area (Å²) in [4.78, 5) is 12.0. The van der Waals surface area contributed by atoms with Crippen LogP contribution in [0.2, 0.25) is 0 Å². The van der Waals surface area contributed by atoms with Gasteiger partial charge in [0.25, 0.3) is 0 Å². The zero-order valence-corrected chi connectivity index (χ0v) is 11.9. The minimum atomic E-state index is -0.120. The minimum Gasteiger partial charge on any atom is -0.469 e. The fraction of sp³-hybridized carbons (Fsp3) is 0.438. The number of furan rings is 2. The van der Waals surface area contributed by atoms with Crippen LogP contribution in [-0.2, 0) is 0 Å². The smallest absolute Gasteiger partial charge is 0.315 e. The lowest BCUT2D eigenvalue weighted by Crippen LogP contribution is -2.42. The molecule has 1 aliphatic carbocycles. The second-order valence-corrected chi connectivity index (χ2v) is 5.42. The van der Waals surface area contributed by atoms with E-state index in [0.29, 0.717) is 12.6 Å². The predicted octanol–water partition coefficient (Wildman–Crippen LogP) is 3.25. The highest BCUT2D eigenvalue weighted by Gasteiger charge is 2.22. The lowest BCUT2D eigenvalue weighted by molar-refractivity contribution is 0.236. The second kappa shape index (κ2) is 6.52.